The van der Waals surface area contributed by atoms with E-state index in [4.69, 9.17) is 14.9 Å². The minimum Gasteiger partial charge on any atom is -0.447 e. The zero-order chi connectivity index (χ0) is 12.9. The van der Waals surface area contributed by atoms with E-state index in [1.165, 1.54) is 6.07 Å². The van der Waals surface area contributed by atoms with Gasteiger partial charge in [-0.3, -0.25) is 0 Å². The molecule has 7 heteroatoms. The van der Waals surface area contributed by atoms with Gasteiger partial charge >= 0.3 is 0 Å². The Balaban J connectivity index is 2.68. The standard InChI is InChI=1S/C10H18N2O4S/c1-3-15-7-8(2)12-17(13,14)10-5-4-9(6-11)16-10/h4-5,8,12H,3,6-7,11H2,1-2H3. The van der Waals surface area contributed by atoms with Gasteiger partial charge in [-0.25, -0.2) is 13.1 Å². The summed E-state index contributed by atoms with van der Waals surface area (Å²) in [6.45, 7) is 4.61. The Morgan fingerprint density at radius 1 is 1.53 bits per heavy atom. The molecule has 1 unspecified atom stereocenters. The number of hydrogen-bond donors (Lipinski definition) is 2. The maximum absolute atomic E-state index is 11.8. The Hall–Kier alpha value is -0.890. The van der Waals surface area contributed by atoms with Crippen molar-refractivity contribution in [1.29, 1.82) is 0 Å². The van der Waals surface area contributed by atoms with Crippen molar-refractivity contribution in [1.82, 2.24) is 4.72 Å². The molecule has 0 aliphatic rings. The summed E-state index contributed by atoms with van der Waals surface area (Å²) in [4.78, 5) is 0. The van der Waals surface area contributed by atoms with Gasteiger partial charge in [0.05, 0.1) is 13.2 Å². The van der Waals surface area contributed by atoms with Crippen molar-refractivity contribution in [2.24, 2.45) is 5.73 Å². The number of hydrogen-bond acceptors (Lipinski definition) is 5. The second kappa shape index (κ2) is 6.15. The molecule has 1 rings (SSSR count). The summed E-state index contributed by atoms with van der Waals surface area (Å²) in [5.74, 6) is 0.433. The van der Waals surface area contributed by atoms with Crippen LogP contribution in [0.2, 0.25) is 0 Å². The van der Waals surface area contributed by atoms with Gasteiger partial charge in [0.15, 0.2) is 0 Å². The Morgan fingerprint density at radius 2 is 2.24 bits per heavy atom. The van der Waals surface area contributed by atoms with Gasteiger partial charge < -0.3 is 14.9 Å². The number of furan rings is 1. The first-order valence-electron chi connectivity index (χ1n) is 5.38. The molecule has 0 spiro atoms. The zero-order valence-corrected chi connectivity index (χ0v) is 10.8. The zero-order valence-electron chi connectivity index (χ0n) is 9.97. The van der Waals surface area contributed by atoms with Gasteiger partial charge in [0.2, 0.25) is 5.09 Å². The van der Waals surface area contributed by atoms with Gasteiger partial charge in [0, 0.05) is 12.6 Å². The summed E-state index contributed by atoms with van der Waals surface area (Å²) in [7, 11) is -3.63. The summed E-state index contributed by atoms with van der Waals surface area (Å²) in [5.41, 5.74) is 5.34. The highest BCUT2D eigenvalue weighted by Gasteiger charge is 2.21. The van der Waals surface area contributed by atoms with Crippen LogP contribution in [-0.4, -0.2) is 27.7 Å². The van der Waals surface area contributed by atoms with E-state index in [2.05, 4.69) is 4.72 Å². The molecule has 98 valence electrons. The summed E-state index contributed by atoms with van der Waals surface area (Å²) >= 11 is 0. The highest BCUT2D eigenvalue weighted by molar-refractivity contribution is 7.89. The fraction of sp³-hybridized carbons (Fsp3) is 0.600. The van der Waals surface area contributed by atoms with Crippen molar-refractivity contribution in [3.8, 4) is 0 Å². The van der Waals surface area contributed by atoms with Crippen LogP contribution in [0.4, 0.5) is 0 Å². The van der Waals surface area contributed by atoms with E-state index in [0.29, 0.717) is 19.0 Å². The number of rotatable bonds is 7. The van der Waals surface area contributed by atoms with Crippen molar-refractivity contribution in [2.45, 2.75) is 31.5 Å². The number of nitrogens with one attached hydrogen (secondary N) is 1. The van der Waals surface area contributed by atoms with Crippen LogP contribution in [0.15, 0.2) is 21.6 Å². The van der Waals surface area contributed by atoms with Gasteiger partial charge in [-0.15, -0.1) is 0 Å². The molecule has 3 N–H and O–H groups in total. The number of nitrogens with two attached hydrogens (primary N) is 1. The van der Waals surface area contributed by atoms with Gasteiger partial charge in [-0.2, -0.15) is 0 Å². The molecule has 0 radical (unpaired) electrons. The first-order valence-corrected chi connectivity index (χ1v) is 6.86. The van der Waals surface area contributed by atoms with E-state index in [9.17, 15) is 8.42 Å². The van der Waals surface area contributed by atoms with Gasteiger partial charge in [0.25, 0.3) is 10.0 Å². The van der Waals surface area contributed by atoms with E-state index in [1.54, 1.807) is 13.0 Å². The molecule has 1 aromatic rings. The third-order valence-corrected chi connectivity index (χ3v) is 3.49. The maximum atomic E-state index is 11.8. The summed E-state index contributed by atoms with van der Waals surface area (Å²) in [6.07, 6.45) is 0. The van der Waals surface area contributed by atoms with Crippen molar-refractivity contribution in [3.63, 3.8) is 0 Å². The Bertz CT molecular complexity index is 441. The molecule has 0 fully saturated rings. The third-order valence-electron chi connectivity index (χ3n) is 2.03. The van der Waals surface area contributed by atoms with Crippen LogP contribution in [0.5, 0.6) is 0 Å². The first-order chi connectivity index (χ1) is 7.99. The molecule has 1 atom stereocenters. The topological polar surface area (TPSA) is 94.6 Å². The van der Waals surface area contributed by atoms with Crippen LogP contribution in [0, 0.1) is 0 Å². The van der Waals surface area contributed by atoms with E-state index in [1.807, 2.05) is 6.92 Å². The van der Waals surface area contributed by atoms with Gasteiger partial charge in [-0.05, 0) is 26.0 Å². The van der Waals surface area contributed by atoms with E-state index in [0.717, 1.165) is 0 Å². The Labute approximate surface area is 101 Å². The largest absolute Gasteiger partial charge is 0.447 e. The summed E-state index contributed by atoms with van der Waals surface area (Å²) in [6, 6.07) is 2.62. The third kappa shape index (κ3) is 4.12. The molecule has 0 saturated heterocycles. The van der Waals surface area contributed by atoms with E-state index in [-0.39, 0.29) is 17.7 Å². The van der Waals surface area contributed by atoms with Gasteiger partial charge in [-0.1, -0.05) is 0 Å². The SMILES string of the molecule is CCOCC(C)NS(=O)(=O)c1ccc(CN)o1. The van der Waals surface area contributed by atoms with Crippen molar-refractivity contribution in [2.75, 3.05) is 13.2 Å². The lowest BCUT2D eigenvalue weighted by Gasteiger charge is -2.12. The molecule has 0 aromatic carbocycles. The monoisotopic (exact) mass is 262 g/mol. The lowest BCUT2D eigenvalue weighted by Crippen LogP contribution is -2.35. The smallest absolute Gasteiger partial charge is 0.274 e. The maximum Gasteiger partial charge on any atom is 0.274 e. The predicted octanol–water partition coefficient (Wildman–Crippen LogP) is 0.442. The van der Waals surface area contributed by atoms with Crippen LogP contribution < -0.4 is 10.5 Å². The lowest BCUT2D eigenvalue weighted by atomic mass is 10.4. The first kappa shape index (κ1) is 14.2. The molecule has 0 bridgehead atoms. The quantitative estimate of drug-likeness (QED) is 0.743. The van der Waals surface area contributed by atoms with Crippen LogP contribution >= 0.6 is 0 Å². The van der Waals surface area contributed by atoms with Crippen LogP contribution in [-0.2, 0) is 21.3 Å². The summed E-state index contributed by atoms with van der Waals surface area (Å²) in [5, 5.41) is -0.124. The van der Waals surface area contributed by atoms with Crippen LogP contribution in [0.1, 0.15) is 19.6 Å². The molecule has 0 aliphatic carbocycles. The average molecular weight is 262 g/mol. The molecular weight excluding hydrogens is 244 g/mol. The molecular formula is C10H18N2O4S. The van der Waals surface area contributed by atoms with Crippen LogP contribution in [0.3, 0.4) is 0 Å². The fourth-order valence-electron chi connectivity index (χ4n) is 1.26. The second-order valence-corrected chi connectivity index (χ2v) is 5.25. The second-order valence-electron chi connectivity index (χ2n) is 3.61. The van der Waals surface area contributed by atoms with E-state index >= 15 is 0 Å². The number of ether oxygens (including phenoxy) is 1. The molecule has 0 amide bonds. The fourth-order valence-corrected chi connectivity index (χ4v) is 2.44. The summed E-state index contributed by atoms with van der Waals surface area (Å²) < 4.78 is 36.3. The normalized spacial score (nSPS) is 13.8. The van der Waals surface area contributed by atoms with Gasteiger partial charge in [0.1, 0.15) is 5.76 Å². The van der Waals surface area contributed by atoms with Crippen molar-refractivity contribution in [3.05, 3.63) is 17.9 Å². The molecule has 6 nitrogen and oxygen atoms in total. The van der Waals surface area contributed by atoms with Crippen molar-refractivity contribution < 1.29 is 17.6 Å². The predicted molar refractivity (Wildman–Crippen MR) is 62.9 cm³/mol. The highest BCUT2D eigenvalue weighted by Crippen LogP contribution is 2.13. The number of sulfonamides is 1. The molecule has 17 heavy (non-hydrogen) atoms. The Morgan fingerprint density at radius 3 is 2.76 bits per heavy atom. The Kier molecular flexibility index (Phi) is 5.13. The van der Waals surface area contributed by atoms with Crippen LogP contribution in [0.25, 0.3) is 0 Å². The lowest BCUT2D eigenvalue weighted by molar-refractivity contribution is 0.133. The minimum atomic E-state index is -3.63. The van der Waals surface area contributed by atoms with Crippen molar-refractivity contribution >= 4 is 10.0 Å². The minimum absolute atomic E-state index is 0.124. The molecule has 1 aromatic heterocycles. The molecule has 0 saturated carbocycles. The molecule has 1 heterocycles. The van der Waals surface area contributed by atoms with E-state index < -0.39 is 10.0 Å². The average Bonchev–Trinajstić information content (AvgIpc) is 2.75. The molecule has 0 aliphatic heterocycles. The highest BCUT2D eigenvalue weighted by atomic mass is 32.2.